The van der Waals surface area contributed by atoms with Crippen molar-refractivity contribution in [2.75, 3.05) is 13.6 Å². The predicted octanol–water partition coefficient (Wildman–Crippen LogP) is 1.84. The van der Waals surface area contributed by atoms with Crippen molar-refractivity contribution < 1.29 is 14.4 Å². The number of nitrogens with one attached hydrogen (secondary N) is 2. The van der Waals surface area contributed by atoms with Crippen LogP contribution in [0.25, 0.3) is 5.69 Å². The Kier molecular flexibility index (Phi) is 5.77. The van der Waals surface area contributed by atoms with Gasteiger partial charge in [0, 0.05) is 18.3 Å². The minimum Gasteiger partial charge on any atom is -0.322 e. The van der Waals surface area contributed by atoms with Crippen LogP contribution in [-0.2, 0) is 16.1 Å². The smallest absolute Gasteiger partial charge is 0.322 e. The van der Waals surface area contributed by atoms with Gasteiger partial charge < -0.3 is 5.32 Å². The average Bonchev–Trinajstić information content (AvgIpc) is 3.30. The van der Waals surface area contributed by atoms with Crippen molar-refractivity contribution in [2.24, 2.45) is 5.92 Å². The van der Waals surface area contributed by atoms with Crippen LogP contribution >= 0.6 is 0 Å². The molecule has 0 bridgehead atoms. The number of hydrogen-bond donors (Lipinski definition) is 2. The molecule has 9 nitrogen and oxygen atoms in total. The van der Waals surface area contributed by atoms with Gasteiger partial charge in [0.2, 0.25) is 0 Å². The maximum absolute atomic E-state index is 12.9. The molecule has 9 heteroatoms. The zero-order valence-electron chi connectivity index (χ0n) is 17.9. The zero-order valence-corrected chi connectivity index (χ0v) is 17.9. The van der Waals surface area contributed by atoms with Crippen molar-refractivity contribution in [1.29, 1.82) is 0 Å². The summed E-state index contributed by atoms with van der Waals surface area (Å²) in [6.45, 7) is 2.69. The summed E-state index contributed by atoms with van der Waals surface area (Å²) in [6.07, 6.45) is 6.65. The molecule has 1 saturated heterocycles. The minimum atomic E-state index is -0.866. The van der Waals surface area contributed by atoms with E-state index in [0.29, 0.717) is 25.3 Å². The van der Waals surface area contributed by atoms with Crippen molar-refractivity contribution >= 4 is 17.8 Å². The Morgan fingerprint density at radius 1 is 1.26 bits per heavy atom. The van der Waals surface area contributed by atoms with E-state index in [1.807, 2.05) is 36.5 Å². The maximum Gasteiger partial charge on any atom is 0.344 e. The van der Waals surface area contributed by atoms with Crippen LogP contribution in [0.5, 0.6) is 0 Å². The Bertz CT molecular complexity index is 965. The molecule has 2 N–H and O–H groups in total. The molecule has 164 valence electrons. The molecule has 0 unspecified atom stereocenters. The van der Waals surface area contributed by atoms with E-state index in [2.05, 4.69) is 22.8 Å². The van der Waals surface area contributed by atoms with E-state index in [1.165, 1.54) is 0 Å². The first-order valence-corrected chi connectivity index (χ1v) is 10.6. The van der Waals surface area contributed by atoms with Gasteiger partial charge in [-0.15, -0.1) is 0 Å². The van der Waals surface area contributed by atoms with Crippen LogP contribution in [0, 0.1) is 5.92 Å². The molecule has 1 aliphatic carbocycles. The monoisotopic (exact) mass is 424 g/mol. The van der Waals surface area contributed by atoms with Gasteiger partial charge in [-0.2, -0.15) is 10.1 Å². The molecule has 0 radical (unpaired) electrons. The van der Waals surface area contributed by atoms with E-state index >= 15 is 0 Å². The minimum absolute atomic E-state index is 0.0393. The van der Waals surface area contributed by atoms with Crippen LogP contribution in [0.2, 0.25) is 0 Å². The van der Waals surface area contributed by atoms with Gasteiger partial charge in [0.25, 0.3) is 11.8 Å². The van der Waals surface area contributed by atoms with E-state index < -0.39 is 17.5 Å². The summed E-state index contributed by atoms with van der Waals surface area (Å²) in [5, 5.41) is 8.01. The number of carbonyl (C=O) groups excluding carboxylic acids is 3. The molecule has 2 aromatic rings. The van der Waals surface area contributed by atoms with E-state index in [-0.39, 0.29) is 12.5 Å². The Morgan fingerprint density at radius 2 is 1.97 bits per heavy atom. The summed E-state index contributed by atoms with van der Waals surface area (Å²) in [6, 6.07) is 9.21. The van der Waals surface area contributed by atoms with Crippen molar-refractivity contribution in [3.8, 4) is 5.69 Å². The lowest BCUT2D eigenvalue weighted by molar-refractivity contribution is -0.140. The molecule has 4 amide bonds. The lowest BCUT2D eigenvalue weighted by atomic mass is 9.77. The molecular formula is C22H28N6O3. The highest BCUT2D eigenvalue weighted by atomic mass is 16.2. The van der Waals surface area contributed by atoms with E-state index in [4.69, 9.17) is 0 Å². The van der Waals surface area contributed by atoms with Gasteiger partial charge in [-0.3, -0.25) is 19.9 Å². The fraction of sp³-hybridized carbons (Fsp3) is 0.455. The number of rotatable bonds is 6. The normalized spacial score (nSPS) is 23.5. The molecule has 2 fully saturated rings. The summed E-state index contributed by atoms with van der Waals surface area (Å²) in [7, 11) is 1.80. The number of carbonyl (C=O) groups is 3. The first-order valence-electron chi connectivity index (χ1n) is 10.6. The van der Waals surface area contributed by atoms with Gasteiger partial charge in [0.05, 0.1) is 18.4 Å². The highest BCUT2D eigenvalue weighted by Gasteiger charge is 2.52. The number of likely N-dealkylation sites (N-methyl/N-ethyl adjacent to an activating group) is 1. The Hall–Kier alpha value is -3.20. The maximum atomic E-state index is 12.9. The highest BCUT2D eigenvalue weighted by Crippen LogP contribution is 2.35. The molecule has 1 saturated carbocycles. The van der Waals surface area contributed by atoms with Crippen LogP contribution < -0.4 is 10.7 Å². The lowest BCUT2D eigenvalue weighted by Gasteiger charge is -2.33. The Morgan fingerprint density at radius 3 is 2.68 bits per heavy atom. The molecule has 1 spiro atoms. The van der Waals surface area contributed by atoms with E-state index in [0.717, 1.165) is 29.1 Å². The molecule has 1 aliphatic heterocycles. The molecular weight excluding hydrogens is 396 g/mol. The van der Waals surface area contributed by atoms with Crippen molar-refractivity contribution in [1.82, 2.24) is 30.4 Å². The third-order valence-corrected chi connectivity index (χ3v) is 6.05. The number of para-hydroxylation sites is 1. The molecule has 4 rings (SSSR count). The lowest BCUT2D eigenvalue weighted by Crippen LogP contribution is -2.52. The van der Waals surface area contributed by atoms with Gasteiger partial charge in [-0.25, -0.2) is 9.48 Å². The molecule has 1 aromatic heterocycles. The van der Waals surface area contributed by atoms with Gasteiger partial charge in [0.1, 0.15) is 5.54 Å². The second-order valence-electron chi connectivity index (χ2n) is 8.67. The SMILES string of the molecule is CC1CCC2(CC1)NC(=O)N(NC(=O)CN(C)Cc1cnn(-c3ccccc3)c1)C2=O. The van der Waals surface area contributed by atoms with Crippen molar-refractivity contribution in [2.45, 2.75) is 44.7 Å². The van der Waals surface area contributed by atoms with E-state index in [1.54, 1.807) is 22.8 Å². The third-order valence-electron chi connectivity index (χ3n) is 6.05. The highest BCUT2D eigenvalue weighted by molar-refractivity contribution is 6.08. The number of amides is 4. The van der Waals surface area contributed by atoms with Gasteiger partial charge in [-0.1, -0.05) is 25.1 Å². The molecule has 31 heavy (non-hydrogen) atoms. The van der Waals surface area contributed by atoms with Crippen LogP contribution in [0.15, 0.2) is 42.7 Å². The second kappa shape index (κ2) is 8.50. The molecule has 1 aromatic carbocycles. The summed E-state index contributed by atoms with van der Waals surface area (Å²) in [4.78, 5) is 39.5. The summed E-state index contributed by atoms with van der Waals surface area (Å²) < 4.78 is 1.78. The standard InChI is InChI=1S/C22H28N6O3/c1-16-8-10-22(11-9-16)20(30)28(21(31)24-22)25-19(29)15-26(2)13-17-12-23-27(14-17)18-6-4-3-5-7-18/h3-7,12,14,16H,8-11,13,15H2,1-2H3,(H,24,31)(H,25,29). The molecule has 2 heterocycles. The molecule has 0 atom stereocenters. The van der Waals surface area contributed by atoms with Gasteiger partial charge >= 0.3 is 6.03 Å². The number of urea groups is 1. The Balaban J connectivity index is 1.31. The predicted molar refractivity (Wildman–Crippen MR) is 114 cm³/mol. The van der Waals surface area contributed by atoms with Gasteiger partial charge in [0.15, 0.2) is 0 Å². The summed E-state index contributed by atoms with van der Waals surface area (Å²) in [5.74, 6) is -0.230. The largest absolute Gasteiger partial charge is 0.344 e. The fourth-order valence-electron chi connectivity index (χ4n) is 4.25. The van der Waals surface area contributed by atoms with Crippen LogP contribution in [0.1, 0.15) is 38.2 Å². The number of hydrogen-bond acceptors (Lipinski definition) is 5. The summed E-state index contributed by atoms with van der Waals surface area (Å²) in [5.41, 5.74) is 3.52. The van der Waals surface area contributed by atoms with Crippen LogP contribution in [0.3, 0.4) is 0 Å². The Labute approximate surface area is 181 Å². The fourth-order valence-corrected chi connectivity index (χ4v) is 4.25. The van der Waals surface area contributed by atoms with Gasteiger partial charge in [-0.05, 0) is 50.8 Å². The number of nitrogens with zero attached hydrogens (tertiary/aromatic N) is 4. The molecule has 2 aliphatic rings. The first-order chi connectivity index (χ1) is 14.9. The second-order valence-corrected chi connectivity index (χ2v) is 8.67. The zero-order chi connectivity index (χ0) is 22.0. The van der Waals surface area contributed by atoms with Crippen molar-refractivity contribution in [3.05, 3.63) is 48.3 Å². The third kappa shape index (κ3) is 4.46. The quantitative estimate of drug-likeness (QED) is 0.690. The van der Waals surface area contributed by atoms with Crippen molar-refractivity contribution in [3.63, 3.8) is 0 Å². The number of imide groups is 1. The first kappa shape index (κ1) is 21.0. The number of aromatic nitrogens is 2. The topological polar surface area (TPSA) is 99.6 Å². The summed E-state index contributed by atoms with van der Waals surface area (Å²) >= 11 is 0. The number of benzene rings is 1. The number of hydrazine groups is 1. The van der Waals surface area contributed by atoms with Crippen LogP contribution in [0.4, 0.5) is 4.79 Å². The van der Waals surface area contributed by atoms with Crippen LogP contribution in [-0.4, -0.2) is 56.7 Å². The average molecular weight is 425 g/mol. The van der Waals surface area contributed by atoms with E-state index in [9.17, 15) is 14.4 Å².